The summed E-state index contributed by atoms with van der Waals surface area (Å²) in [5.41, 5.74) is 12.2. The van der Waals surface area contributed by atoms with Crippen LogP contribution < -0.4 is 0 Å². The first-order chi connectivity index (χ1) is 16.6. The van der Waals surface area contributed by atoms with Crippen molar-refractivity contribution in [1.82, 2.24) is 4.57 Å². The molecule has 7 rings (SSSR count). The van der Waals surface area contributed by atoms with Crippen molar-refractivity contribution in [1.29, 1.82) is 0 Å². The second kappa shape index (κ2) is 7.08. The molecule has 0 amide bonds. The molecule has 0 unspecified atom stereocenters. The van der Waals surface area contributed by atoms with E-state index in [1.165, 1.54) is 55.3 Å². The molecule has 1 aliphatic carbocycles. The fourth-order valence-electron chi connectivity index (χ4n) is 6.25. The first-order valence-corrected chi connectivity index (χ1v) is 12.3. The fourth-order valence-corrected chi connectivity index (χ4v) is 6.25. The molecule has 1 nitrogen and oxygen atoms in total. The van der Waals surface area contributed by atoms with Crippen LogP contribution in [-0.4, -0.2) is 4.57 Å². The lowest BCUT2D eigenvalue weighted by Crippen LogP contribution is -2.28. The topological polar surface area (TPSA) is 4.93 Å². The Morgan fingerprint density at radius 3 is 2.29 bits per heavy atom. The van der Waals surface area contributed by atoms with E-state index in [9.17, 15) is 0 Å². The molecule has 0 radical (unpaired) electrons. The van der Waals surface area contributed by atoms with Crippen LogP contribution in [0.25, 0.3) is 49.8 Å². The van der Waals surface area contributed by atoms with Crippen molar-refractivity contribution in [2.45, 2.75) is 32.1 Å². The summed E-state index contributed by atoms with van der Waals surface area (Å²) in [6, 6.07) is 33.4. The van der Waals surface area contributed by atoms with Crippen LogP contribution >= 0.6 is 0 Å². The number of hydrogen-bond donors (Lipinski definition) is 0. The lowest BCUT2D eigenvalue weighted by atomic mass is 9.71. The molecule has 1 aromatic heterocycles. The van der Waals surface area contributed by atoms with Crippen LogP contribution in [0.4, 0.5) is 0 Å². The monoisotopic (exact) mass is 437 g/mol. The molecule has 0 spiro atoms. The van der Waals surface area contributed by atoms with Gasteiger partial charge in [0.2, 0.25) is 0 Å². The molecule has 0 atom stereocenters. The summed E-state index contributed by atoms with van der Waals surface area (Å²) in [7, 11) is 0. The second-order valence-corrected chi connectivity index (χ2v) is 10.1. The molecule has 34 heavy (non-hydrogen) atoms. The van der Waals surface area contributed by atoms with Crippen LogP contribution in [0.15, 0.2) is 109 Å². The largest absolute Gasteiger partial charge is 0.309 e. The Kier molecular flexibility index (Phi) is 4.08. The molecule has 0 bridgehead atoms. The number of fused-ring (bicyclic) bond motifs is 4. The highest BCUT2D eigenvalue weighted by atomic mass is 15.0. The summed E-state index contributed by atoms with van der Waals surface area (Å²) in [6.45, 7) is 4.80. The van der Waals surface area contributed by atoms with Crippen molar-refractivity contribution in [3.05, 3.63) is 114 Å². The van der Waals surface area contributed by atoms with E-state index >= 15 is 0 Å². The standard InChI is InChI=1S/C33H27N/c1-33(2)28-16-8-9-18-31(28)34-30-20-19-23(21-27(30)26-15-10-17-29(33)32(26)34)25-14-7-6-13-24(25)22-11-4-3-5-12-22/h3-7,9-15,17-21H,8,16H2,1-2H3. The molecule has 164 valence electrons. The predicted octanol–water partition coefficient (Wildman–Crippen LogP) is 8.98. The Labute approximate surface area is 200 Å². The molecule has 2 heterocycles. The summed E-state index contributed by atoms with van der Waals surface area (Å²) in [4.78, 5) is 0. The van der Waals surface area contributed by atoms with Gasteiger partial charge < -0.3 is 4.57 Å². The number of allylic oxidation sites excluding steroid dienone is 4. The highest BCUT2D eigenvalue weighted by molar-refractivity contribution is 6.14. The van der Waals surface area contributed by atoms with E-state index in [1.807, 2.05) is 0 Å². The smallest absolute Gasteiger partial charge is 0.0581 e. The van der Waals surface area contributed by atoms with E-state index in [4.69, 9.17) is 0 Å². The van der Waals surface area contributed by atoms with Gasteiger partial charge in [-0.25, -0.2) is 0 Å². The maximum absolute atomic E-state index is 2.53. The van der Waals surface area contributed by atoms with Crippen LogP contribution in [0.1, 0.15) is 32.3 Å². The molecule has 0 saturated carbocycles. The zero-order valence-electron chi connectivity index (χ0n) is 19.7. The predicted molar refractivity (Wildman–Crippen MR) is 145 cm³/mol. The van der Waals surface area contributed by atoms with Crippen LogP contribution in [-0.2, 0) is 5.41 Å². The second-order valence-electron chi connectivity index (χ2n) is 10.1. The number of benzene rings is 4. The molecule has 1 heteroatoms. The van der Waals surface area contributed by atoms with Crippen LogP contribution in [0.2, 0.25) is 0 Å². The number of nitrogens with zero attached hydrogens (tertiary/aromatic N) is 1. The number of rotatable bonds is 2. The van der Waals surface area contributed by atoms with Gasteiger partial charge in [0.05, 0.1) is 11.0 Å². The normalized spacial score (nSPS) is 16.3. The Bertz CT molecular complexity index is 1660. The van der Waals surface area contributed by atoms with Crippen LogP contribution in [0.3, 0.4) is 0 Å². The molecule has 2 aliphatic rings. The number of aromatic nitrogens is 1. The quantitative estimate of drug-likeness (QED) is 0.260. The van der Waals surface area contributed by atoms with Crippen molar-refractivity contribution >= 4 is 27.5 Å². The summed E-state index contributed by atoms with van der Waals surface area (Å²) >= 11 is 0. The number of hydrogen-bond acceptors (Lipinski definition) is 0. The zero-order chi connectivity index (χ0) is 22.9. The lowest BCUT2D eigenvalue weighted by Gasteiger charge is -2.37. The highest BCUT2D eigenvalue weighted by Crippen LogP contribution is 2.50. The van der Waals surface area contributed by atoms with E-state index in [0.29, 0.717) is 0 Å². The third kappa shape index (κ3) is 2.61. The minimum absolute atomic E-state index is 0.0483. The SMILES string of the molecule is CC1(C)C2=C(C=CCC2)n2c3ccc(-c4ccccc4-c4ccccc4)cc3c3cccc1c32. The van der Waals surface area contributed by atoms with Gasteiger partial charge in [-0.2, -0.15) is 0 Å². The summed E-state index contributed by atoms with van der Waals surface area (Å²) < 4.78 is 2.53. The third-order valence-corrected chi connectivity index (χ3v) is 7.92. The fraction of sp³-hybridized carbons (Fsp3) is 0.152. The number of para-hydroxylation sites is 1. The van der Waals surface area contributed by atoms with Gasteiger partial charge in [0, 0.05) is 21.9 Å². The lowest BCUT2D eigenvalue weighted by molar-refractivity contribution is 0.585. The van der Waals surface area contributed by atoms with Crippen molar-refractivity contribution in [2.24, 2.45) is 0 Å². The van der Waals surface area contributed by atoms with Gasteiger partial charge in [0.1, 0.15) is 0 Å². The average molecular weight is 438 g/mol. The van der Waals surface area contributed by atoms with Gasteiger partial charge in [-0.1, -0.05) is 98.8 Å². The van der Waals surface area contributed by atoms with Crippen molar-refractivity contribution < 1.29 is 0 Å². The average Bonchev–Trinajstić information content (AvgIpc) is 3.22. The molecular formula is C33H27N. The minimum Gasteiger partial charge on any atom is -0.309 e. The molecule has 1 aliphatic heterocycles. The summed E-state index contributed by atoms with van der Waals surface area (Å²) in [5, 5.41) is 2.69. The van der Waals surface area contributed by atoms with E-state index < -0.39 is 0 Å². The van der Waals surface area contributed by atoms with E-state index in [-0.39, 0.29) is 5.41 Å². The zero-order valence-corrected chi connectivity index (χ0v) is 19.7. The summed E-state index contributed by atoms with van der Waals surface area (Å²) in [6.07, 6.45) is 6.96. The van der Waals surface area contributed by atoms with E-state index in [2.05, 4.69) is 122 Å². The molecular weight excluding hydrogens is 410 g/mol. The molecule has 0 fully saturated rings. The molecule has 5 aromatic rings. The third-order valence-electron chi connectivity index (χ3n) is 7.92. The van der Waals surface area contributed by atoms with Crippen molar-refractivity contribution in [3.63, 3.8) is 0 Å². The van der Waals surface area contributed by atoms with E-state index in [0.717, 1.165) is 12.8 Å². The van der Waals surface area contributed by atoms with Crippen molar-refractivity contribution in [2.75, 3.05) is 0 Å². The molecule has 0 saturated heterocycles. The molecule has 0 N–H and O–H groups in total. The maximum atomic E-state index is 2.53. The van der Waals surface area contributed by atoms with E-state index in [1.54, 1.807) is 5.57 Å². The van der Waals surface area contributed by atoms with Gasteiger partial charge >= 0.3 is 0 Å². The van der Waals surface area contributed by atoms with Gasteiger partial charge in [0.25, 0.3) is 0 Å². The van der Waals surface area contributed by atoms with Gasteiger partial charge in [-0.15, -0.1) is 0 Å². The Balaban J connectivity index is 1.53. The Hall–Kier alpha value is -3.84. The summed E-state index contributed by atoms with van der Waals surface area (Å²) in [5.74, 6) is 0. The minimum atomic E-state index is 0.0483. The van der Waals surface area contributed by atoms with Crippen LogP contribution in [0, 0.1) is 0 Å². The Morgan fingerprint density at radius 1 is 0.706 bits per heavy atom. The van der Waals surface area contributed by atoms with Crippen molar-refractivity contribution in [3.8, 4) is 22.3 Å². The van der Waals surface area contributed by atoms with Crippen LogP contribution in [0.5, 0.6) is 0 Å². The highest BCUT2D eigenvalue weighted by Gasteiger charge is 2.36. The molecule has 4 aromatic carbocycles. The van der Waals surface area contributed by atoms with Gasteiger partial charge in [-0.3, -0.25) is 0 Å². The first kappa shape index (κ1) is 19.6. The maximum Gasteiger partial charge on any atom is 0.0581 e. The Morgan fingerprint density at radius 2 is 1.47 bits per heavy atom. The van der Waals surface area contributed by atoms with Gasteiger partial charge in [-0.05, 0) is 64.4 Å². The first-order valence-electron chi connectivity index (χ1n) is 12.3. The van der Waals surface area contributed by atoms with Gasteiger partial charge in [0.15, 0.2) is 0 Å².